The third-order valence-corrected chi connectivity index (χ3v) is 5.83. The largest absolute Gasteiger partial charge is 0.486 e. The Morgan fingerprint density at radius 2 is 1.81 bits per heavy atom. The number of benzene rings is 2. The molecule has 2 N–H and O–H groups in total. The monoisotopic (exact) mass is 410 g/mol. The van der Waals surface area contributed by atoms with Gasteiger partial charge in [-0.2, -0.15) is 0 Å². The number of ether oxygens (including phenoxy) is 2. The minimum atomic E-state index is -3.76. The van der Waals surface area contributed by atoms with Gasteiger partial charge in [-0.15, -0.1) is 0 Å². The number of sulfonamides is 1. The van der Waals surface area contributed by atoms with Crippen LogP contribution in [0.5, 0.6) is 11.5 Å². The summed E-state index contributed by atoms with van der Waals surface area (Å²) in [5.74, 6) is 1.07. The lowest BCUT2D eigenvalue weighted by Crippen LogP contribution is -2.30. The fourth-order valence-electron chi connectivity index (χ4n) is 2.53. The topological polar surface area (TPSA) is 93.7 Å². The van der Waals surface area contributed by atoms with Crippen LogP contribution in [0.4, 0.5) is 0 Å². The molecule has 0 saturated heterocycles. The van der Waals surface area contributed by atoms with E-state index in [2.05, 4.69) is 10.0 Å². The SMILES string of the molecule is O=C(CCNS(=O)(=O)c1ccccc1Cl)NCc1ccc2c(c1)OCCO2. The molecular formula is C18H19ClN2O5S. The quantitative estimate of drug-likeness (QED) is 0.729. The summed E-state index contributed by atoms with van der Waals surface area (Å²) in [6.07, 6.45) is 0.00817. The summed E-state index contributed by atoms with van der Waals surface area (Å²) >= 11 is 5.90. The van der Waals surface area contributed by atoms with Crippen molar-refractivity contribution < 1.29 is 22.7 Å². The zero-order valence-corrected chi connectivity index (χ0v) is 16.0. The predicted octanol–water partition coefficient (Wildman–Crippen LogP) is 2.10. The van der Waals surface area contributed by atoms with Crippen LogP contribution in [0, 0.1) is 0 Å². The van der Waals surface area contributed by atoms with Crippen molar-refractivity contribution in [2.45, 2.75) is 17.9 Å². The van der Waals surface area contributed by atoms with Gasteiger partial charge in [0, 0.05) is 19.5 Å². The number of rotatable bonds is 7. The fourth-order valence-corrected chi connectivity index (χ4v) is 4.08. The van der Waals surface area contributed by atoms with Gasteiger partial charge < -0.3 is 14.8 Å². The van der Waals surface area contributed by atoms with Gasteiger partial charge in [0.25, 0.3) is 0 Å². The molecule has 0 radical (unpaired) electrons. The molecule has 2 aromatic rings. The van der Waals surface area contributed by atoms with E-state index in [9.17, 15) is 13.2 Å². The average molecular weight is 411 g/mol. The van der Waals surface area contributed by atoms with Crippen molar-refractivity contribution in [2.75, 3.05) is 19.8 Å². The molecule has 27 heavy (non-hydrogen) atoms. The van der Waals surface area contributed by atoms with Crippen LogP contribution in [0.3, 0.4) is 0 Å². The van der Waals surface area contributed by atoms with Gasteiger partial charge in [-0.1, -0.05) is 29.8 Å². The molecule has 0 atom stereocenters. The molecule has 1 aliphatic heterocycles. The molecule has 9 heteroatoms. The molecular weight excluding hydrogens is 392 g/mol. The van der Waals surface area contributed by atoms with Crippen molar-refractivity contribution in [2.24, 2.45) is 0 Å². The molecule has 7 nitrogen and oxygen atoms in total. The maximum Gasteiger partial charge on any atom is 0.242 e. The van der Waals surface area contributed by atoms with E-state index in [1.54, 1.807) is 18.2 Å². The number of fused-ring (bicyclic) bond motifs is 1. The van der Waals surface area contributed by atoms with Gasteiger partial charge in [-0.25, -0.2) is 13.1 Å². The molecule has 0 bridgehead atoms. The Morgan fingerprint density at radius 3 is 2.59 bits per heavy atom. The zero-order chi connectivity index (χ0) is 19.3. The molecule has 0 fully saturated rings. The van der Waals surface area contributed by atoms with Crippen LogP contribution >= 0.6 is 11.6 Å². The molecule has 144 valence electrons. The van der Waals surface area contributed by atoms with E-state index in [1.165, 1.54) is 12.1 Å². The van der Waals surface area contributed by atoms with E-state index in [1.807, 2.05) is 12.1 Å². The molecule has 0 aliphatic carbocycles. The Kier molecular flexibility index (Phi) is 6.20. The first-order valence-electron chi connectivity index (χ1n) is 8.35. The summed E-state index contributed by atoms with van der Waals surface area (Å²) in [5.41, 5.74) is 0.865. The second-order valence-electron chi connectivity index (χ2n) is 5.83. The van der Waals surface area contributed by atoms with Crippen molar-refractivity contribution in [1.82, 2.24) is 10.0 Å². The first-order valence-corrected chi connectivity index (χ1v) is 10.2. The fraction of sp³-hybridized carbons (Fsp3) is 0.278. The molecule has 0 saturated carbocycles. The van der Waals surface area contributed by atoms with Gasteiger partial charge in [-0.3, -0.25) is 4.79 Å². The standard InChI is InChI=1S/C18H19ClN2O5S/c19-14-3-1-2-4-17(14)27(23,24)21-8-7-18(22)20-12-13-5-6-15-16(11-13)26-10-9-25-15/h1-6,11,21H,7-10,12H2,(H,20,22). The Balaban J connectivity index is 1.47. The van der Waals surface area contributed by atoms with Crippen LogP contribution in [-0.4, -0.2) is 34.1 Å². The first-order chi connectivity index (χ1) is 13.0. The Labute approximate surface area is 162 Å². The summed E-state index contributed by atoms with van der Waals surface area (Å²) in [6.45, 7) is 1.30. The molecule has 2 aromatic carbocycles. The summed E-state index contributed by atoms with van der Waals surface area (Å²) in [6, 6.07) is 11.6. The van der Waals surface area contributed by atoms with Crippen molar-refractivity contribution in [1.29, 1.82) is 0 Å². The van der Waals surface area contributed by atoms with Gasteiger partial charge in [0.05, 0.1) is 5.02 Å². The molecule has 0 spiro atoms. The minimum absolute atomic E-state index is 0.00817. The van der Waals surface area contributed by atoms with Crippen LogP contribution in [0.15, 0.2) is 47.4 Å². The number of carbonyl (C=O) groups excluding carboxylic acids is 1. The van der Waals surface area contributed by atoms with Crippen LogP contribution in [0.2, 0.25) is 5.02 Å². The van der Waals surface area contributed by atoms with Crippen molar-refractivity contribution in [3.63, 3.8) is 0 Å². The van der Waals surface area contributed by atoms with Crippen molar-refractivity contribution in [3.05, 3.63) is 53.1 Å². The minimum Gasteiger partial charge on any atom is -0.486 e. The Morgan fingerprint density at radius 1 is 1.07 bits per heavy atom. The van der Waals surface area contributed by atoms with Crippen LogP contribution in [0.25, 0.3) is 0 Å². The van der Waals surface area contributed by atoms with E-state index in [0.717, 1.165) is 5.56 Å². The molecule has 1 aliphatic rings. The van der Waals surface area contributed by atoms with E-state index in [-0.39, 0.29) is 28.8 Å². The summed E-state index contributed by atoms with van der Waals surface area (Å²) in [7, 11) is -3.76. The number of hydrogen-bond donors (Lipinski definition) is 2. The highest BCUT2D eigenvalue weighted by molar-refractivity contribution is 7.89. The highest BCUT2D eigenvalue weighted by Gasteiger charge is 2.17. The van der Waals surface area contributed by atoms with Gasteiger partial charge in [0.15, 0.2) is 11.5 Å². The third kappa shape index (κ3) is 5.12. The second-order valence-corrected chi connectivity index (χ2v) is 7.98. The lowest BCUT2D eigenvalue weighted by Gasteiger charge is -2.19. The number of hydrogen-bond acceptors (Lipinski definition) is 5. The summed E-state index contributed by atoms with van der Waals surface area (Å²) < 4.78 is 37.7. The maximum absolute atomic E-state index is 12.2. The third-order valence-electron chi connectivity index (χ3n) is 3.87. The summed E-state index contributed by atoms with van der Waals surface area (Å²) in [5, 5.41) is 2.88. The van der Waals surface area contributed by atoms with Crippen LogP contribution < -0.4 is 19.5 Å². The van der Waals surface area contributed by atoms with Gasteiger partial charge in [0.1, 0.15) is 18.1 Å². The second kappa shape index (κ2) is 8.60. The van der Waals surface area contributed by atoms with Crippen molar-refractivity contribution >= 4 is 27.5 Å². The summed E-state index contributed by atoms with van der Waals surface area (Å²) in [4.78, 5) is 12.0. The Hall–Kier alpha value is -2.29. The molecule has 1 heterocycles. The van der Waals surface area contributed by atoms with Gasteiger partial charge in [0.2, 0.25) is 15.9 Å². The lowest BCUT2D eigenvalue weighted by atomic mass is 10.2. The molecule has 1 amide bonds. The normalized spacial score (nSPS) is 13.2. The van der Waals surface area contributed by atoms with E-state index >= 15 is 0 Å². The lowest BCUT2D eigenvalue weighted by molar-refractivity contribution is -0.121. The number of carbonyl (C=O) groups is 1. The number of halogens is 1. The van der Waals surface area contributed by atoms with E-state index < -0.39 is 10.0 Å². The van der Waals surface area contributed by atoms with Crippen molar-refractivity contribution in [3.8, 4) is 11.5 Å². The average Bonchev–Trinajstić information content (AvgIpc) is 2.66. The highest BCUT2D eigenvalue weighted by atomic mass is 35.5. The maximum atomic E-state index is 12.2. The number of nitrogens with one attached hydrogen (secondary N) is 2. The highest BCUT2D eigenvalue weighted by Crippen LogP contribution is 2.30. The van der Waals surface area contributed by atoms with Crippen LogP contribution in [-0.2, 0) is 21.4 Å². The zero-order valence-electron chi connectivity index (χ0n) is 14.4. The smallest absolute Gasteiger partial charge is 0.242 e. The van der Waals surface area contributed by atoms with Gasteiger partial charge >= 0.3 is 0 Å². The first kappa shape index (κ1) is 19.5. The molecule has 0 aromatic heterocycles. The van der Waals surface area contributed by atoms with E-state index in [4.69, 9.17) is 21.1 Å². The predicted molar refractivity (Wildman–Crippen MR) is 101 cm³/mol. The molecule has 3 rings (SSSR count). The molecule has 0 unspecified atom stereocenters. The van der Waals surface area contributed by atoms with Gasteiger partial charge in [-0.05, 0) is 29.8 Å². The van der Waals surface area contributed by atoms with E-state index in [0.29, 0.717) is 31.3 Å². The number of amides is 1. The Bertz CT molecular complexity index is 933. The van der Waals surface area contributed by atoms with Crippen LogP contribution in [0.1, 0.15) is 12.0 Å².